The summed E-state index contributed by atoms with van der Waals surface area (Å²) in [6.45, 7) is 7.71. The largest absolute Gasteiger partial charge is 0.493 e. The van der Waals surface area contributed by atoms with Gasteiger partial charge in [0.05, 0.1) is 12.6 Å². The zero-order chi connectivity index (χ0) is 16.4. The molecule has 0 saturated carbocycles. The van der Waals surface area contributed by atoms with Crippen LogP contribution in [0.5, 0.6) is 5.75 Å². The van der Waals surface area contributed by atoms with Crippen LogP contribution in [0.1, 0.15) is 18.0 Å². The van der Waals surface area contributed by atoms with Gasteiger partial charge in [0.2, 0.25) is 0 Å². The van der Waals surface area contributed by atoms with Crippen molar-refractivity contribution in [2.24, 2.45) is 4.99 Å². The minimum atomic E-state index is 0.257. The van der Waals surface area contributed by atoms with Crippen LogP contribution in [0.4, 0.5) is 0 Å². The monoisotopic (exact) mass is 329 g/mol. The first-order chi connectivity index (χ1) is 11.8. The quantitative estimate of drug-likeness (QED) is 0.631. The van der Waals surface area contributed by atoms with E-state index in [0.717, 1.165) is 31.3 Å². The molecule has 4 aliphatic heterocycles. The van der Waals surface area contributed by atoms with Crippen LogP contribution >= 0.6 is 0 Å². The smallest absolute Gasteiger partial charge is 0.191 e. The van der Waals surface area contributed by atoms with E-state index in [1.54, 1.807) is 0 Å². The Morgan fingerprint density at radius 3 is 2.83 bits per heavy atom. The molecule has 5 rings (SSSR count). The number of aliphatic imine (C=N–C) groups is 1. The van der Waals surface area contributed by atoms with E-state index in [2.05, 4.69) is 37.6 Å². The summed E-state index contributed by atoms with van der Waals surface area (Å²) in [4.78, 5) is 9.59. The molecule has 1 aromatic rings. The first-order valence-corrected chi connectivity index (χ1v) is 8.99. The number of hydrogen-bond donors (Lipinski definition) is 2. The van der Waals surface area contributed by atoms with Crippen molar-refractivity contribution in [3.05, 3.63) is 29.8 Å². The van der Waals surface area contributed by atoms with E-state index in [4.69, 9.17) is 4.74 Å². The van der Waals surface area contributed by atoms with Gasteiger partial charge in [0.15, 0.2) is 5.96 Å². The summed E-state index contributed by atoms with van der Waals surface area (Å²) in [6, 6.07) is 9.12. The van der Waals surface area contributed by atoms with E-state index in [-0.39, 0.29) is 6.04 Å². The lowest BCUT2D eigenvalue weighted by molar-refractivity contribution is 0.0154. The fourth-order valence-electron chi connectivity index (χ4n) is 3.98. The standard InChI is InChI=1S/C18H27N5O/c1-19-18(20-12-14-13-22-7-9-23(14)10-8-22)21-16-6-11-24-17-5-3-2-4-15(16)17/h2-5,14,16H,6-13H2,1H3,(H2,19,20,21). The molecular formula is C18H27N5O. The maximum atomic E-state index is 5.75. The van der Waals surface area contributed by atoms with Gasteiger partial charge in [-0.3, -0.25) is 14.8 Å². The van der Waals surface area contributed by atoms with Crippen molar-refractivity contribution in [2.75, 3.05) is 52.9 Å². The summed E-state index contributed by atoms with van der Waals surface area (Å²) < 4.78 is 5.75. The Morgan fingerprint density at radius 2 is 2.08 bits per heavy atom. The molecule has 3 saturated heterocycles. The third-order valence-electron chi connectivity index (χ3n) is 5.39. The highest BCUT2D eigenvalue weighted by Gasteiger charge is 2.31. The maximum absolute atomic E-state index is 5.75. The van der Waals surface area contributed by atoms with Crippen LogP contribution in [-0.4, -0.2) is 74.7 Å². The molecule has 2 unspecified atom stereocenters. The van der Waals surface area contributed by atoms with Crippen molar-refractivity contribution < 1.29 is 4.74 Å². The number of rotatable bonds is 3. The molecule has 130 valence electrons. The highest BCUT2D eigenvalue weighted by Crippen LogP contribution is 2.31. The van der Waals surface area contributed by atoms with Crippen LogP contribution in [0.25, 0.3) is 0 Å². The van der Waals surface area contributed by atoms with Gasteiger partial charge < -0.3 is 15.4 Å². The zero-order valence-corrected chi connectivity index (χ0v) is 14.4. The molecule has 2 atom stereocenters. The van der Waals surface area contributed by atoms with Crippen molar-refractivity contribution in [1.29, 1.82) is 0 Å². The molecule has 0 aromatic heterocycles. The molecule has 0 spiro atoms. The fraction of sp³-hybridized carbons (Fsp3) is 0.611. The Labute approximate surface area is 143 Å². The number of piperazine rings is 3. The van der Waals surface area contributed by atoms with Crippen molar-refractivity contribution >= 4 is 5.96 Å². The van der Waals surface area contributed by atoms with Crippen LogP contribution < -0.4 is 15.4 Å². The van der Waals surface area contributed by atoms with Gasteiger partial charge >= 0.3 is 0 Å². The van der Waals surface area contributed by atoms with Gasteiger partial charge in [-0.15, -0.1) is 0 Å². The minimum absolute atomic E-state index is 0.257. The molecule has 6 nitrogen and oxygen atoms in total. The number of nitrogens with one attached hydrogen (secondary N) is 2. The van der Waals surface area contributed by atoms with E-state index >= 15 is 0 Å². The van der Waals surface area contributed by atoms with E-state index in [9.17, 15) is 0 Å². The van der Waals surface area contributed by atoms with Gasteiger partial charge in [0.25, 0.3) is 0 Å². The number of ether oxygens (including phenoxy) is 1. The molecule has 2 N–H and O–H groups in total. The second-order valence-electron chi connectivity index (χ2n) is 6.82. The predicted molar refractivity (Wildman–Crippen MR) is 95.6 cm³/mol. The maximum Gasteiger partial charge on any atom is 0.191 e. The Balaban J connectivity index is 1.35. The van der Waals surface area contributed by atoms with Gasteiger partial charge in [-0.05, 0) is 6.07 Å². The first kappa shape index (κ1) is 15.7. The third kappa shape index (κ3) is 3.21. The van der Waals surface area contributed by atoms with Gasteiger partial charge in [0, 0.05) is 64.3 Å². The second-order valence-corrected chi connectivity index (χ2v) is 6.82. The minimum Gasteiger partial charge on any atom is -0.493 e. The zero-order valence-electron chi connectivity index (χ0n) is 14.4. The summed E-state index contributed by atoms with van der Waals surface area (Å²) in [6.07, 6.45) is 0.959. The van der Waals surface area contributed by atoms with Gasteiger partial charge in [-0.2, -0.15) is 0 Å². The number of para-hydroxylation sites is 1. The van der Waals surface area contributed by atoms with Gasteiger partial charge in [-0.25, -0.2) is 0 Å². The Kier molecular flexibility index (Phi) is 4.58. The topological polar surface area (TPSA) is 52.1 Å². The Morgan fingerprint density at radius 1 is 1.25 bits per heavy atom. The number of benzene rings is 1. The normalized spacial score (nSPS) is 32.0. The van der Waals surface area contributed by atoms with Crippen molar-refractivity contribution in [2.45, 2.75) is 18.5 Å². The molecule has 3 fully saturated rings. The molecule has 4 heterocycles. The van der Waals surface area contributed by atoms with Crippen LogP contribution in [0.2, 0.25) is 0 Å². The SMILES string of the molecule is CN=C(NCC1CN2CCN1CC2)NC1CCOc2ccccc21. The number of hydrogen-bond acceptors (Lipinski definition) is 4. The lowest BCUT2D eigenvalue weighted by Crippen LogP contribution is -2.63. The van der Waals surface area contributed by atoms with Crippen LogP contribution in [-0.2, 0) is 0 Å². The molecule has 1 aromatic carbocycles. The van der Waals surface area contributed by atoms with Gasteiger partial charge in [0.1, 0.15) is 5.75 Å². The Bertz CT molecular complexity index is 597. The first-order valence-electron chi connectivity index (χ1n) is 8.99. The third-order valence-corrected chi connectivity index (χ3v) is 5.39. The molecule has 2 bridgehead atoms. The fourth-order valence-corrected chi connectivity index (χ4v) is 3.98. The molecule has 24 heavy (non-hydrogen) atoms. The number of guanidine groups is 1. The Hall–Kier alpha value is -1.79. The molecule has 4 aliphatic rings. The van der Waals surface area contributed by atoms with E-state index in [1.807, 2.05) is 19.2 Å². The lowest BCUT2D eigenvalue weighted by atomic mass is 10.0. The van der Waals surface area contributed by atoms with Crippen LogP contribution in [0.3, 0.4) is 0 Å². The predicted octanol–water partition coefficient (Wildman–Crippen LogP) is 0.675. The summed E-state index contributed by atoms with van der Waals surface area (Å²) in [5, 5.41) is 7.10. The van der Waals surface area contributed by atoms with E-state index < -0.39 is 0 Å². The molecular weight excluding hydrogens is 302 g/mol. The van der Waals surface area contributed by atoms with E-state index in [1.165, 1.54) is 38.3 Å². The van der Waals surface area contributed by atoms with Crippen molar-refractivity contribution in [3.63, 3.8) is 0 Å². The molecule has 6 heteroatoms. The molecule has 0 radical (unpaired) electrons. The summed E-state index contributed by atoms with van der Waals surface area (Å²) in [7, 11) is 1.84. The average Bonchev–Trinajstić information content (AvgIpc) is 2.66. The summed E-state index contributed by atoms with van der Waals surface area (Å²) in [5.74, 6) is 1.87. The molecule has 0 aliphatic carbocycles. The molecule has 0 amide bonds. The number of nitrogens with zero attached hydrogens (tertiary/aromatic N) is 3. The van der Waals surface area contributed by atoms with Gasteiger partial charge in [-0.1, -0.05) is 18.2 Å². The van der Waals surface area contributed by atoms with E-state index in [0.29, 0.717) is 6.04 Å². The lowest BCUT2D eigenvalue weighted by Gasteiger charge is -2.47. The summed E-state index contributed by atoms with van der Waals surface area (Å²) >= 11 is 0. The average molecular weight is 329 g/mol. The second kappa shape index (κ2) is 6.99. The summed E-state index contributed by atoms with van der Waals surface area (Å²) in [5.41, 5.74) is 1.22. The van der Waals surface area contributed by atoms with Crippen LogP contribution in [0, 0.1) is 0 Å². The highest BCUT2D eigenvalue weighted by atomic mass is 16.5. The number of fused-ring (bicyclic) bond motifs is 4. The van der Waals surface area contributed by atoms with Crippen LogP contribution in [0.15, 0.2) is 29.3 Å². The highest BCUT2D eigenvalue weighted by molar-refractivity contribution is 5.80. The van der Waals surface area contributed by atoms with Crippen molar-refractivity contribution in [3.8, 4) is 5.75 Å². The van der Waals surface area contributed by atoms with Crippen molar-refractivity contribution in [1.82, 2.24) is 20.4 Å².